The number of hydrogen-bond acceptors (Lipinski definition) is 2. The predicted molar refractivity (Wildman–Crippen MR) is 52.4 cm³/mol. The van der Waals surface area contributed by atoms with Crippen molar-refractivity contribution in [3.8, 4) is 5.75 Å². The third-order valence-electron chi connectivity index (χ3n) is 1.41. The van der Waals surface area contributed by atoms with Gasteiger partial charge in [-0.1, -0.05) is 12.1 Å². The van der Waals surface area contributed by atoms with E-state index in [4.69, 9.17) is 27.9 Å². The van der Waals surface area contributed by atoms with Crippen molar-refractivity contribution >= 4 is 28.4 Å². The number of hydrogen-bond donors (Lipinski definition) is 0. The van der Waals surface area contributed by atoms with E-state index in [1.807, 2.05) is 12.1 Å². The minimum absolute atomic E-state index is 0.118. The molecule has 0 spiro atoms. The highest BCUT2D eigenvalue weighted by atomic mass is 35.5. The fourth-order valence-electron chi connectivity index (χ4n) is 0.858. The number of halogens is 2. The highest BCUT2D eigenvalue weighted by Gasteiger charge is 1.98. The lowest BCUT2D eigenvalue weighted by Gasteiger charge is -2.03. The Labute approximate surface area is 86.4 Å². The number of benzene rings is 1. The molecule has 0 aliphatic heterocycles. The number of rotatable bonds is 4. The molecule has 0 atom stereocenters. The van der Waals surface area contributed by atoms with Gasteiger partial charge < -0.3 is 4.74 Å². The van der Waals surface area contributed by atoms with E-state index in [1.54, 1.807) is 12.1 Å². The fraction of sp³-hybridized carbons (Fsp3) is 0.222. The molecular formula is C9H8Cl2O2. The minimum atomic E-state index is -0.517. The highest BCUT2D eigenvalue weighted by molar-refractivity contribution is 6.63. The van der Waals surface area contributed by atoms with Crippen LogP contribution in [0.2, 0.25) is 0 Å². The van der Waals surface area contributed by atoms with E-state index in [0.717, 1.165) is 5.56 Å². The molecule has 0 bridgehead atoms. The summed E-state index contributed by atoms with van der Waals surface area (Å²) in [5.74, 6) is 1.03. The molecule has 70 valence electrons. The summed E-state index contributed by atoms with van der Waals surface area (Å²) in [5.41, 5.74) is 0.946. The van der Waals surface area contributed by atoms with Crippen LogP contribution in [-0.2, 0) is 10.7 Å². The summed E-state index contributed by atoms with van der Waals surface area (Å²) in [5, 5.41) is -0.517. The first kappa shape index (κ1) is 10.4. The molecule has 0 aromatic heterocycles. The van der Waals surface area contributed by atoms with Gasteiger partial charge in [-0.15, -0.1) is 11.6 Å². The maximum Gasteiger partial charge on any atom is 0.259 e. The zero-order valence-electron chi connectivity index (χ0n) is 6.80. The van der Waals surface area contributed by atoms with E-state index >= 15 is 0 Å². The second kappa shape index (κ2) is 5.10. The van der Waals surface area contributed by atoms with E-state index in [-0.39, 0.29) is 6.61 Å². The van der Waals surface area contributed by atoms with Crippen LogP contribution in [0.25, 0.3) is 0 Å². The molecule has 0 N–H and O–H groups in total. The van der Waals surface area contributed by atoms with Crippen LogP contribution < -0.4 is 4.74 Å². The third kappa shape index (κ3) is 3.66. The second-order valence-electron chi connectivity index (χ2n) is 2.42. The van der Waals surface area contributed by atoms with Crippen LogP contribution in [0, 0.1) is 0 Å². The molecule has 1 aromatic carbocycles. The molecule has 0 amide bonds. The molecule has 2 nitrogen and oxygen atoms in total. The van der Waals surface area contributed by atoms with E-state index in [1.165, 1.54) is 0 Å². The van der Waals surface area contributed by atoms with Crippen LogP contribution in [0.4, 0.5) is 0 Å². The van der Waals surface area contributed by atoms with Gasteiger partial charge in [-0.3, -0.25) is 4.79 Å². The average Bonchev–Trinajstić information content (AvgIpc) is 2.15. The van der Waals surface area contributed by atoms with Crippen LogP contribution in [0.1, 0.15) is 5.56 Å². The lowest BCUT2D eigenvalue weighted by Crippen LogP contribution is -2.04. The van der Waals surface area contributed by atoms with Crippen molar-refractivity contribution in [3.05, 3.63) is 29.8 Å². The van der Waals surface area contributed by atoms with Crippen molar-refractivity contribution < 1.29 is 9.53 Å². The zero-order chi connectivity index (χ0) is 9.68. The molecule has 13 heavy (non-hydrogen) atoms. The number of carbonyl (C=O) groups is 1. The predicted octanol–water partition coefficient (Wildman–Crippen LogP) is 2.57. The molecule has 0 radical (unpaired) electrons. The Morgan fingerprint density at radius 1 is 1.46 bits per heavy atom. The van der Waals surface area contributed by atoms with Gasteiger partial charge in [0.05, 0.1) is 0 Å². The Bertz CT molecular complexity index is 299. The highest BCUT2D eigenvalue weighted by Crippen LogP contribution is 2.14. The van der Waals surface area contributed by atoms with Crippen molar-refractivity contribution in [2.45, 2.75) is 5.88 Å². The fourth-order valence-corrected chi connectivity index (χ4v) is 1.08. The summed E-state index contributed by atoms with van der Waals surface area (Å²) in [6.07, 6.45) is 0. The van der Waals surface area contributed by atoms with Gasteiger partial charge in [0.1, 0.15) is 5.75 Å². The van der Waals surface area contributed by atoms with Crippen molar-refractivity contribution in [2.24, 2.45) is 0 Å². The lowest BCUT2D eigenvalue weighted by atomic mass is 10.2. The first-order chi connectivity index (χ1) is 6.22. The Balaban J connectivity index is 2.61. The van der Waals surface area contributed by atoms with Crippen LogP contribution >= 0.6 is 23.2 Å². The maximum absolute atomic E-state index is 10.4. The Hall–Kier alpha value is -0.730. The van der Waals surface area contributed by atoms with Gasteiger partial charge in [-0.2, -0.15) is 0 Å². The second-order valence-corrected chi connectivity index (χ2v) is 3.11. The molecule has 0 heterocycles. The molecule has 0 aliphatic rings. The molecule has 1 rings (SSSR count). The van der Waals surface area contributed by atoms with Gasteiger partial charge in [0.15, 0.2) is 6.61 Å². The molecule has 4 heteroatoms. The van der Waals surface area contributed by atoms with Crippen molar-refractivity contribution in [3.63, 3.8) is 0 Å². The monoisotopic (exact) mass is 218 g/mol. The third-order valence-corrected chi connectivity index (χ3v) is 1.82. The van der Waals surface area contributed by atoms with Crippen molar-refractivity contribution in [2.75, 3.05) is 6.61 Å². The molecule has 0 unspecified atom stereocenters. The quantitative estimate of drug-likeness (QED) is 0.574. The number of carbonyl (C=O) groups excluding carboxylic acids is 1. The van der Waals surface area contributed by atoms with Gasteiger partial charge >= 0.3 is 0 Å². The normalized spacial score (nSPS) is 9.69. The Morgan fingerprint density at radius 3 is 2.85 bits per heavy atom. The largest absolute Gasteiger partial charge is 0.484 e. The summed E-state index contributed by atoms with van der Waals surface area (Å²) in [7, 11) is 0. The lowest BCUT2D eigenvalue weighted by molar-refractivity contribution is -0.113. The molecule has 0 fully saturated rings. The standard InChI is InChI=1S/C9H8Cl2O2/c10-5-7-2-1-3-8(4-7)13-6-9(11)12/h1-4H,5-6H2. The van der Waals surface area contributed by atoms with E-state index < -0.39 is 5.24 Å². The number of ether oxygens (including phenoxy) is 1. The van der Waals surface area contributed by atoms with Crippen LogP contribution in [0.5, 0.6) is 5.75 Å². The summed E-state index contributed by atoms with van der Waals surface area (Å²) < 4.78 is 5.07. The SMILES string of the molecule is O=C(Cl)COc1cccc(CCl)c1. The minimum Gasteiger partial charge on any atom is -0.484 e. The molecule has 0 saturated heterocycles. The van der Waals surface area contributed by atoms with Crippen LogP contribution in [-0.4, -0.2) is 11.8 Å². The van der Waals surface area contributed by atoms with Gasteiger partial charge in [0, 0.05) is 5.88 Å². The Morgan fingerprint density at radius 2 is 2.23 bits per heavy atom. The van der Waals surface area contributed by atoms with Crippen LogP contribution in [0.3, 0.4) is 0 Å². The van der Waals surface area contributed by atoms with E-state index in [0.29, 0.717) is 11.6 Å². The topological polar surface area (TPSA) is 26.3 Å². The van der Waals surface area contributed by atoms with Gasteiger partial charge in [0.2, 0.25) is 0 Å². The summed E-state index contributed by atoms with van der Waals surface area (Å²) in [6.45, 7) is -0.118. The van der Waals surface area contributed by atoms with Crippen LogP contribution in [0.15, 0.2) is 24.3 Å². The first-order valence-electron chi connectivity index (χ1n) is 3.68. The maximum atomic E-state index is 10.4. The van der Waals surface area contributed by atoms with Gasteiger partial charge in [0.25, 0.3) is 5.24 Å². The molecular weight excluding hydrogens is 211 g/mol. The van der Waals surface area contributed by atoms with Crippen molar-refractivity contribution in [1.29, 1.82) is 0 Å². The van der Waals surface area contributed by atoms with E-state index in [2.05, 4.69) is 0 Å². The summed E-state index contributed by atoms with van der Waals surface area (Å²) in [4.78, 5) is 10.4. The smallest absolute Gasteiger partial charge is 0.259 e. The van der Waals surface area contributed by atoms with Gasteiger partial charge in [-0.05, 0) is 29.3 Å². The summed E-state index contributed by atoms with van der Waals surface area (Å²) in [6, 6.07) is 7.21. The first-order valence-corrected chi connectivity index (χ1v) is 4.59. The molecule has 1 aromatic rings. The van der Waals surface area contributed by atoms with Gasteiger partial charge in [-0.25, -0.2) is 0 Å². The molecule has 0 aliphatic carbocycles. The molecule has 0 saturated carbocycles. The Kier molecular flexibility index (Phi) is 4.06. The summed E-state index contributed by atoms with van der Waals surface area (Å²) >= 11 is 10.7. The average molecular weight is 219 g/mol. The van der Waals surface area contributed by atoms with Crippen molar-refractivity contribution in [1.82, 2.24) is 0 Å². The number of alkyl halides is 1. The van der Waals surface area contributed by atoms with E-state index in [9.17, 15) is 4.79 Å². The zero-order valence-corrected chi connectivity index (χ0v) is 8.31.